The number of hydrogen-bond acceptors (Lipinski definition) is 3. The Morgan fingerprint density at radius 2 is 1.53 bits per heavy atom. The number of rotatable bonds is 10. The minimum absolute atomic E-state index is 0.0133. The van der Waals surface area contributed by atoms with Crippen LogP contribution in [0.5, 0.6) is 0 Å². The molecule has 0 saturated carbocycles. The Morgan fingerprint density at radius 1 is 0.933 bits per heavy atom. The van der Waals surface area contributed by atoms with Gasteiger partial charge in [0.15, 0.2) is 5.96 Å². The van der Waals surface area contributed by atoms with Crippen LogP contribution in [0.15, 0.2) is 53.5 Å². The van der Waals surface area contributed by atoms with Crippen LogP contribution in [0.25, 0.3) is 0 Å². The zero-order valence-corrected chi connectivity index (χ0v) is 19.2. The largest absolute Gasteiger partial charge is 0.356 e. The number of hydrogen-bond donors (Lipinski definition) is 3. The Kier molecular flexibility index (Phi) is 9.33. The minimum atomic E-state index is -3.25. The number of guanidine groups is 1. The molecule has 0 spiro atoms. The van der Waals surface area contributed by atoms with Gasteiger partial charge in [-0.1, -0.05) is 62.4 Å². The fourth-order valence-electron chi connectivity index (χ4n) is 3.02. The van der Waals surface area contributed by atoms with E-state index in [1.807, 2.05) is 24.3 Å². The topological polar surface area (TPSA) is 82.6 Å². The number of aryl methyl sites for hydroxylation is 1. The molecule has 3 N–H and O–H groups in total. The van der Waals surface area contributed by atoms with Crippen LogP contribution in [0, 0.1) is 0 Å². The van der Waals surface area contributed by atoms with Crippen LogP contribution < -0.4 is 15.4 Å². The van der Waals surface area contributed by atoms with E-state index in [1.165, 1.54) is 18.2 Å². The summed E-state index contributed by atoms with van der Waals surface area (Å²) in [6, 6.07) is 16.4. The van der Waals surface area contributed by atoms with Gasteiger partial charge in [-0.25, -0.2) is 13.1 Å². The lowest BCUT2D eigenvalue weighted by Gasteiger charge is -2.12. The van der Waals surface area contributed by atoms with Gasteiger partial charge in [-0.3, -0.25) is 4.99 Å². The van der Waals surface area contributed by atoms with Crippen molar-refractivity contribution in [1.29, 1.82) is 0 Å². The van der Waals surface area contributed by atoms with E-state index in [0.717, 1.165) is 36.5 Å². The molecule has 0 aliphatic rings. The summed E-state index contributed by atoms with van der Waals surface area (Å²) in [6.45, 7) is 5.88. The van der Waals surface area contributed by atoms with Crippen molar-refractivity contribution in [2.24, 2.45) is 4.99 Å². The second-order valence-corrected chi connectivity index (χ2v) is 9.56. The number of nitrogens with one attached hydrogen (secondary N) is 3. The van der Waals surface area contributed by atoms with Gasteiger partial charge in [0.05, 0.1) is 5.75 Å². The van der Waals surface area contributed by atoms with Gasteiger partial charge in [0.25, 0.3) is 0 Å². The molecule has 0 aromatic heterocycles. The smallest absolute Gasteiger partial charge is 0.215 e. The van der Waals surface area contributed by atoms with Crippen LogP contribution in [-0.2, 0) is 28.7 Å². The SMILES string of the molecule is CN=C(NCCCc1ccc(C(C)C)cc1)NCc1ccc(CS(=O)(=O)NC)cc1. The van der Waals surface area contributed by atoms with Gasteiger partial charge < -0.3 is 10.6 Å². The zero-order valence-electron chi connectivity index (χ0n) is 18.4. The Labute approximate surface area is 181 Å². The lowest BCUT2D eigenvalue weighted by molar-refractivity contribution is 0.587. The maximum Gasteiger partial charge on any atom is 0.215 e. The predicted molar refractivity (Wildman–Crippen MR) is 125 cm³/mol. The Morgan fingerprint density at radius 3 is 2.10 bits per heavy atom. The van der Waals surface area contributed by atoms with Crippen LogP contribution >= 0.6 is 0 Å². The molecule has 0 radical (unpaired) electrons. The third kappa shape index (κ3) is 8.16. The molecule has 0 heterocycles. The molecule has 0 unspecified atom stereocenters. The van der Waals surface area contributed by atoms with Crippen molar-refractivity contribution in [3.8, 4) is 0 Å². The molecule has 0 fully saturated rings. The summed E-state index contributed by atoms with van der Waals surface area (Å²) in [6.07, 6.45) is 2.05. The molecule has 0 atom stereocenters. The Bertz CT molecular complexity index is 905. The lowest BCUT2D eigenvalue weighted by atomic mass is 10.0. The first-order chi connectivity index (χ1) is 14.3. The second-order valence-electron chi connectivity index (χ2n) is 7.63. The van der Waals surface area contributed by atoms with E-state index in [-0.39, 0.29) is 5.75 Å². The summed E-state index contributed by atoms with van der Waals surface area (Å²) in [5, 5.41) is 6.63. The highest BCUT2D eigenvalue weighted by molar-refractivity contribution is 7.88. The maximum atomic E-state index is 11.6. The fraction of sp³-hybridized carbons (Fsp3) is 0.435. The summed E-state index contributed by atoms with van der Waals surface area (Å²) in [7, 11) is -0.0680. The van der Waals surface area contributed by atoms with Crippen LogP contribution in [0.1, 0.15) is 48.4 Å². The fourth-order valence-corrected chi connectivity index (χ4v) is 3.80. The normalized spacial score (nSPS) is 12.2. The third-order valence-corrected chi connectivity index (χ3v) is 6.29. The quantitative estimate of drug-likeness (QED) is 0.307. The molecule has 30 heavy (non-hydrogen) atoms. The second kappa shape index (κ2) is 11.7. The Balaban J connectivity index is 1.73. The monoisotopic (exact) mass is 430 g/mol. The van der Waals surface area contributed by atoms with E-state index in [0.29, 0.717) is 12.5 Å². The number of benzene rings is 2. The van der Waals surface area contributed by atoms with Crippen molar-refractivity contribution in [2.45, 2.75) is 44.9 Å². The molecule has 6 nitrogen and oxygen atoms in total. The molecule has 2 rings (SSSR count). The molecule has 2 aromatic rings. The predicted octanol–water partition coefficient (Wildman–Crippen LogP) is 3.16. The summed E-state index contributed by atoms with van der Waals surface area (Å²) in [4.78, 5) is 4.26. The molecule has 2 aromatic carbocycles. The highest BCUT2D eigenvalue weighted by atomic mass is 32.2. The van der Waals surface area contributed by atoms with Gasteiger partial charge in [-0.2, -0.15) is 0 Å². The van der Waals surface area contributed by atoms with E-state index < -0.39 is 10.0 Å². The Hall–Kier alpha value is -2.38. The first kappa shape index (κ1) is 23.9. The van der Waals surface area contributed by atoms with Gasteiger partial charge in [0.2, 0.25) is 10.0 Å². The van der Waals surface area contributed by atoms with E-state index in [2.05, 4.69) is 58.5 Å². The van der Waals surface area contributed by atoms with Crippen LogP contribution in [0.2, 0.25) is 0 Å². The van der Waals surface area contributed by atoms with E-state index >= 15 is 0 Å². The average Bonchev–Trinajstić information content (AvgIpc) is 2.74. The number of aliphatic imine (C=N–C) groups is 1. The van der Waals surface area contributed by atoms with Crippen molar-refractivity contribution >= 4 is 16.0 Å². The summed E-state index contributed by atoms with van der Waals surface area (Å²) < 4.78 is 25.6. The van der Waals surface area contributed by atoms with Gasteiger partial charge in [-0.05, 0) is 48.1 Å². The van der Waals surface area contributed by atoms with E-state index in [1.54, 1.807) is 7.05 Å². The van der Waals surface area contributed by atoms with Crippen LogP contribution in [0.3, 0.4) is 0 Å². The molecule has 0 saturated heterocycles. The molecule has 0 amide bonds. The maximum absolute atomic E-state index is 11.6. The van der Waals surface area contributed by atoms with Crippen molar-refractivity contribution in [2.75, 3.05) is 20.6 Å². The highest BCUT2D eigenvalue weighted by Crippen LogP contribution is 2.15. The van der Waals surface area contributed by atoms with Crippen molar-refractivity contribution in [3.63, 3.8) is 0 Å². The third-order valence-electron chi connectivity index (χ3n) is 4.96. The molecule has 7 heteroatoms. The summed E-state index contributed by atoms with van der Waals surface area (Å²) in [5.74, 6) is 1.31. The van der Waals surface area contributed by atoms with Gasteiger partial charge in [0, 0.05) is 20.1 Å². The highest BCUT2D eigenvalue weighted by Gasteiger charge is 2.08. The average molecular weight is 431 g/mol. The molecular formula is C23H34N4O2S. The first-order valence-electron chi connectivity index (χ1n) is 10.4. The molecule has 0 aliphatic heterocycles. The number of sulfonamides is 1. The summed E-state index contributed by atoms with van der Waals surface area (Å²) in [5.41, 5.74) is 4.55. The van der Waals surface area contributed by atoms with Crippen molar-refractivity contribution in [1.82, 2.24) is 15.4 Å². The standard InChI is InChI=1S/C23H34N4O2S/c1-18(2)22-13-11-19(12-14-22)6-5-15-26-23(24-3)27-16-20-7-9-21(10-8-20)17-30(28,29)25-4/h7-14,18,25H,5-6,15-17H2,1-4H3,(H2,24,26,27). The van der Waals surface area contributed by atoms with Gasteiger partial charge >= 0.3 is 0 Å². The zero-order chi connectivity index (χ0) is 22.0. The van der Waals surface area contributed by atoms with Crippen LogP contribution in [-0.4, -0.2) is 35.0 Å². The minimum Gasteiger partial charge on any atom is -0.356 e. The first-order valence-corrected chi connectivity index (χ1v) is 12.0. The van der Waals surface area contributed by atoms with E-state index in [9.17, 15) is 8.42 Å². The van der Waals surface area contributed by atoms with Gasteiger partial charge in [0.1, 0.15) is 0 Å². The van der Waals surface area contributed by atoms with Gasteiger partial charge in [-0.15, -0.1) is 0 Å². The van der Waals surface area contributed by atoms with Crippen LogP contribution in [0.4, 0.5) is 0 Å². The number of nitrogens with zero attached hydrogens (tertiary/aromatic N) is 1. The summed E-state index contributed by atoms with van der Waals surface area (Å²) >= 11 is 0. The molecular weight excluding hydrogens is 396 g/mol. The van der Waals surface area contributed by atoms with Crippen molar-refractivity contribution < 1.29 is 8.42 Å². The molecule has 0 bridgehead atoms. The molecule has 164 valence electrons. The molecule has 0 aliphatic carbocycles. The van der Waals surface area contributed by atoms with Crippen molar-refractivity contribution in [3.05, 3.63) is 70.8 Å². The lowest BCUT2D eigenvalue weighted by Crippen LogP contribution is -2.37. The van der Waals surface area contributed by atoms with E-state index in [4.69, 9.17) is 0 Å².